The Kier molecular flexibility index (Phi) is 35.5. The summed E-state index contributed by atoms with van der Waals surface area (Å²) in [6, 6.07) is 0. The minimum absolute atomic E-state index is 0.0434. The number of imide groups is 2. The number of esters is 7. The number of likely N-dealkylation sites (tertiary alicyclic amines) is 2. The number of cyclic esters (lactones) is 4. The summed E-state index contributed by atoms with van der Waals surface area (Å²) in [7, 11) is 3.09. The monoisotopic (exact) mass is 2030 g/mol. The molecule has 20 heterocycles. The van der Waals surface area contributed by atoms with Gasteiger partial charge in [-0.15, -0.1) is 0 Å². The molecule has 0 aromatic carbocycles. The number of amides is 4. The first-order chi connectivity index (χ1) is 69.6. The Morgan fingerprint density at radius 1 is 0.290 bits per heavy atom. The van der Waals surface area contributed by atoms with Crippen LogP contribution in [0.5, 0.6) is 0 Å². The van der Waals surface area contributed by atoms with Gasteiger partial charge in [0.2, 0.25) is 23.6 Å². The molecule has 25 aliphatic rings. The lowest BCUT2D eigenvalue weighted by molar-refractivity contribution is -0.157. The van der Waals surface area contributed by atoms with Crippen molar-refractivity contribution in [1.82, 2.24) is 9.80 Å². The van der Waals surface area contributed by atoms with E-state index in [2.05, 4.69) is 98.3 Å². The summed E-state index contributed by atoms with van der Waals surface area (Å²) in [6.07, 6.45) is 58.3. The topological polar surface area (TPSA) is 348 Å². The van der Waals surface area contributed by atoms with Crippen LogP contribution < -0.4 is 0 Å². The standard InChI is InChI=1S/C20H34O3.C18H30O3.C14H22O3.2C9H9NO3.2C9H8O3.C8H4F6O.C8H6O4.C7H8/c1-3-4-5-6-7-8-9-10-11-12-15-22-20(21)19-16(2)17-13-14-18(19)23-17;1-3-4-5-6-7-8-9-10-13-20-18(19)17-14(2)15-11-12-16(17)21-15;1-3-4-5-6-9-16-14(15)13-10(2)11-7-8-12(13)17-11;2*1-10-8(11)6-4-2-3-5(13-4)7(6)9(10)12;10-4-3-5(11)9-7-2-1-6(12-7)8(4)9;10-8-6-4-1-2-5(3-4)7(6)9(11)12-8;9-7(10,11)5-3-1-2-4(15-3)6(5)8(12,13)14;9-7-5-3-1-2-4(11-3)6(5)8(10)12-7;1-2-7-4-3-6(1)5-7/h13-14,16-19H,3-12,15H2,1-2H3;11-12,14-17H,3-10,13H2,1-2H3;7-8,10-13H,3-6,9H2,1-2H3;2*2-7H,1H3;1-2,6-9H,3H2;1-2,4-7H,3H2;1-4H;1-6H;1-4,6-7H,5H2. The molecule has 5 aliphatic carbocycles. The van der Waals surface area contributed by atoms with Gasteiger partial charge in [-0.1, -0.05) is 297 Å². The van der Waals surface area contributed by atoms with E-state index in [0.717, 1.165) is 56.1 Å². The van der Waals surface area contributed by atoms with Crippen LogP contribution in [0.1, 0.15) is 202 Å². The van der Waals surface area contributed by atoms with E-state index in [1.807, 2.05) is 79.0 Å². The minimum Gasteiger partial charge on any atom is -0.465 e. The Morgan fingerprint density at radius 3 is 0.793 bits per heavy atom. The lowest BCUT2D eigenvalue weighted by Gasteiger charge is -2.19. The van der Waals surface area contributed by atoms with E-state index >= 15 is 0 Å². The van der Waals surface area contributed by atoms with Crippen molar-refractivity contribution in [2.75, 3.05) is 33.9 Å². The van der Waals surface area contributed by atoms with Crippen molar-refractivity contribution in [2.45, 2.75) is 312 Å². The summed E-state index contributed by atoms with van der Waals surface area (Å²) < 4.78 is 143. The lowest BCUT2D eigenvalue weighted by atomic mass is 9.84. The molecule has 34 heteroatoms. The smallest absolute Gasteiger partial charge is 0.415 e. The number of halogens is 6. The van der Waals surface area contributed by atoms with E-state index in [0.29, 0.717) is 19.8 Å². The summed E-state index contributed by atoms with van der Waals surface area (Å²) in [5, 5.41) is 0. The molecule has 0 radical (unpaired) electrons. The molecular formula is C111H138F6N2O26. The van der Waals surface area contributed by atoms with Crippen molar-refractivity contribution >= 4 is 77.0 Å². The molecule has 0 spiro atoms. The first kappa shape index (κ1) is 108. The maximum absolute atomic E-state index is 12.3. The number of hydrogen-bond donors (Lipinski definition) is 0. The lowest BCUT2D eigenvalue weighted by Crippen LogP contribution is -2.31. The minimum atomic E-state index is -5.00. The second-order valence-corrected chi connectivity index (χ2v) is 42.3. The molecule has 145 heavy (non-hydrogen) atoms. The molecule has 0 aromatic rings. The number of unbranched alkanes of at least 4 members (excludes halogenated alkanes) is 19. The SMILES string of the molecule is C1=CC2C=CC1C2.CCCCCCCCCCCCOC(=O)C1C2C=CC(O2)C1C.CCCCCCCCCCOC(=O)C1C2C=CC(O2)C1C.CCCCCCOC(=O)C1C2C=CC(O2)C1C.CN1C(=O)C2C3C=CC(O3)C2C1=O.CN1C(=O)C2C3C=CC(O3)C2C1=O.FC(F)(F)C1=C(C(F)(F)F)C2C=CC1O2.O=C1CC(=O)C2C3C=CC(O3)C12.O=C1OC(=O)C2C3C=CC(C3)C12.O=C1OC(=O)C2C3C=CC(O3)C12. The molecule has 11 saturated heterocycles. The maximum atomic E-state index is 12.3. The fourth-order valence-corrected chi connectivity index (χ4v) is 24.9. The van der Waals surface area contributed by atoms with Gasteiger partial charge in [0.05, 0.1) is 188 Å². The molecule has 0 aromatic heterocycles. The molecule has 0 N–H and O–H groups in total. The van der Waals surface area contributed by atoms with Crippen LogP contribution in [0.25, 0.3) is 0 Å². The number of allylic oxidation sites excluding steroid dienone is 6. The van der Waals surface area contributed by atoms with Crippen LogP contribution in [-0.2, 0) is 124 Å². The normalized spacial score (nSPS) is 38.5. The zero-order chi connectivity index (χ0) is 103. The van der Waals surface area contributed by atoms with E-state index in [1.165, 1.54) is 132 Å². The van der Waals surface area contributed by atoms with Crippen molar-refractivity contribution in [3.63, 3.8) is 0 Å². The third-order valence-electron chi connectivity index (χ3n) is 32.9. The Morgan fingerprint density at radius 2 is 0.531 bits per heavy atom. The number of Topliss-reactive ketones (excluding diaryl/α,β-unsaturated/α-hetero) is 2. The Labute approximate surface area is 842 Å². The molecule has 4 amide bonds. The van der Waals surface area contributed by atoms with Crippen molar-refractivity contribution in [1.29, 1.82) is 0 Å². The van der Waals surface area contributed by atoms with Crippen molar-refractivity contribution in [3.8, 4) is 0 Å². The maximum Gasteiger partial charge on any atom is 0.415 e. The number of rotatable bonds is 28. The van der Waals surface area contributed by atoms with Crippen molar-refractivity contribution in [3.05, 3.63) is 145 Å². The number of alkyl halides is 6. The van der Waals surface area contributed by atoms with Gasteiger partial charge in [0.25, 0.3) is 0 Å². The average molecular weight is 2030 g/mol. The highest BCUT2D eigenvalue weighted by Crippen LogP contribution is 2.55. The fourth-order valence-electron chi connectivity index (χ4n) is 24.9. The summed E-state index contributed by atoms with van der Waals surface area (Å²) in [4.78, 5) is 152. The van der Waals surface area contributed by atoms with E-state index in [-0.39, 0.29) is 263 Å². The Bertz CT molecular complexity index is 4760. The van der Waals surface area contributed by atoms with E-state index < -0.39 is 47.6 Å². The van der Waals surface area contributed by atoms with E-state index in [4.69, 9.17) is 47.4 Å². The first-order valence-electron chi connectivity index (χ1n) is 52.9. The average Bonchev–Trinajstić information content (AvgIpc) is 1.57. The van der Waals surface area contributed by atoms with Crippen LogP contribution >= 0.6 is 0 Å². The predicted octanol–water partition coefficient (Wildman–Crippen LogP) is 15.8. The number of ether oxygens (including phenoxy) is 13. The summed E-state index contributed by atoms with van der Waals surface area (Å²) in [6.45, 7) is 14.6. The molecule has 34 unspecified atom stereocenters. The van der Waals surface area contributed by atoms with Crippen LogP contribution in [0.4, 0.5) is 26.3 Å². The van der Waals surface area contributed by atoms with Gasteiger partial charge in [-0.05, 0) is 55.8 Å². The number of ketones is 2. The molecule has 2 saturated carbocycles. The zero-order valence-corrected chi connectivity index (χ0v) is 83.6. The van der Waals surface area contributed by atoms with Crippen LogP contribution in [0.2, 0.25) is 0 Å². The second kappa shape index (κ2) is 47.5. The van der Waals surface area contributed by atoms with Gasteiger partial charge in [0, 0.05) is 31.8 Å². The third-order valence-corrected chi connectivity index (χ3v) is 32.9. The molecule has 790 valence electrons. The summed E-state index contributed by atoms with van der Waals surface area (Å²) in [5.74, 6) is -1.51. The van der Waals surface area contributed by atoms with Gasteiger partial charge in [-0.2, -0.15) is 26.3 Å². The third kappa shape index (κ3) is 23.6. The molecule has 28 nitrogen and oxygen atoms in total. The van der Waals surface area contributed by atoms with Crippen LogP contribution in [-0.4, -0.2) is 231 Å². The molecule has 34 atom stereocenters. The van der Waals surface area contributed by atoms with E-state index in [9.17, 15) is 88.7 Å². The molecule has 13 fully saturated rings. The van der Waals surface area contributed by atoms with Gasteiger partial charge in [-0.25, -0.2) is 0 Å². The fraction of sp³-hybridized carbons (Fsp3) is 0.667. The summed E-state index contributed by atoms with van der Waals surface area (Å²) >= 11 is 0. The van der Waals surface area contributed by atoms with Crippen LogP contribution in [0, 0.1) is 118 Å². The largest absolute Gasteiger partial charge is 0.465 e. The second-order valence-electron chi connectivity index (χ2n) is 42.3. The molecule has 20 bridgehead atoms. The molecule has 25 rings (SSSR count). The molecular weight excluding hydrogens is 1890 g/mol. The zero-order valence-electron chi connectivity index (χ0n) is 83.6. The Hall–Kier alpha value is -9.55. The van der Waals surface area contributed by atoms with Gasteiger partial charge < -0.3 is 61.6 Å². The van der Waals surface area contributed by atoms with Gasteiger partial charge in [-0.3, -0.25) is 72.1 Å². The number of carbonyl (C=O) groups excluding carboxylic acids is 13. The van der Waals surface area contributed by atoms with Gasteiger partial charge in [0.15, 0.2) is 0 Å². The van der Waals surface area contributed by atoms with Crippen LogP contribution in [0.3, 0.4) is 0 Å². The number of carbonyl (C=O) groups is 13. The van der Waals surface area contributed by atoms with Crippen molar-refractivity contribution < 1.29 is 150 Å². The van der Waals surface area contributed by atoms with Gasteiger partial charge >= 0.3 is 54.1 Å². The highest BCUT2D eigenvalue weighted by Gasteiger charge is 2.65. The quantitative estimate of drug-likeness (QED) is 0.0134. The first-order valence-corrected chi connectivity index (χ1v) is 52.9. The number of hydrogen-bond acceptors (Lipinski definition) is 26. The predicted molar refractivity (Wildman–Crippen MR) is 509 cm³/mol. The highest BCUT2D eigenvalue weighted by atomic mass is 19.4. The highest BCUT2D eigenvalue weighted by molar-refractivity contribution is 6.10. The summed E-state index contributed by atoms with van der Waals surface area (Å²) in [5.41, 5.74) is -3.25. The molecule has 20 aliphatic heterocycles. The van der Waals surface area contributed by atoms with Crippen molar-refractivity contribution in [2.24, 2.45) is 118 Å². The van der Waals surface area contributed by atoms with Crippen LogP contribution in [0.15, 0.2) is 145 Å². The van der Waals surface area contributed by atoms with Gasteiger partial charge in [0.1, 0.15) is 35.6 Å². The number of fused-ring (bicyclic) bond motifs is 35. The number of nitrogens with zero attached hydrogens (tertiary/aromatic N) is 2. The Balaban J connectivity index is 0.000000117. The van der Waals surface area contributed by atoms with E-state index in [1.54, 1.807) is 14.1 Å².